The first-order valence-electron chi connectivity index (χ1n) is 8.67. The molecule has 0 saturated carbocycles. The van der Waals surface area contributed by atoms with E-state index < -0.39 is 0 Å². The largest absolute Gasteiger partial charge is 0.307 e. The van der Waals surface area contributed by atoms with Gasteiger partial charge in [-0.1, -0.05) is 17.7 Å². The van der Waals surface area contributed by atoms with Gasteiger partial charge in [-0.2, -0.15) is 0 Å². The molecule has 26 heavy (non-hydrogen) atoms. The minimum Gasteiger partial charge on any atom is -0.307 e. The van der Waals surface area contributed by atoms with Crippen LogP contribution in [0.3, 0.4) is 0 Å². The summed E-state index contributed by atoms with van der Waals surface area (Å²) in [7, 11) is 0. The molecule has 0 bridgehead atoms. The van der Waals surface area contributed by atoms with Crippen LogP contribution in [0.1, 0.15) is 33.0 Å². The predicted octanol–water partition coefficient (Wildman–Crippen LogP) is 3.57. The maximum Gasteiger partial charge on any atom is 0.268 e. The molecule has 0 atom stereocenters. The molecule has 0 unspecified atom stereocenters. The van der Waals surface area contributed by atoms with Gasteiger partial charge in [0.25, 0.3) is 11.5 Å². The predicted molar refractivity (Wildman–Crippen MR) is 104 cm³/mol. The summed E-state index contributed by atoms with van der Waals surface area (Å²) < 4.78 is 1.75. The van der Waals surface area contributed by atoms with Gasteiger partial charge in [-0.25, -0.2) is 4.98 Å². The Kier molecular flexibility index (Phi) is 3.49. The molecular weight excluding hydrogens is 370 g/mol. The lowest BCUT2D eigenvalue weighted by molar-refractivity contribution is 0.0993. The second-order valence-electron chi connectivity index (χ2n) is 6.80. The summed E-state index contributed by atoms with van der Waals surface area (Å²) in [5.41, 5.74) is 2.72. The standard InChI is InChI=1S/C19H16ClN3O2S/c1-10-15-17(21-14-3-2-7-23(14)18(15)24)26-16(10)19(25)22-8-6-11-4-5-12(20)9-13(11)22/h4-5,9H,2-3,6-8H2,1H3. The van der Waals surface area contributed by atoms with E-state index >= 15 is 0 Å². The van der Waals surface area contributed by atoms with Crippen LogP contribution in [0.5, 0.6) is 0 Å². The highest BCUT2D eigenvalue weighted by atomic mass is 35.5. The number of benzene rings is 1. The van der Waals surface area contributed by atoms with Gasteiger partial charge in [0.1, 0.15) is 10.7 Å². The fourth-order valence-corrected chi connectivity index (χ4v) is 5.27. The Morgan fingerprint density at radius 3 is 2.96 bits per heavy atom. The molecule has 3 aromatic rings. The van der Waals surface area contributed by atoms with Crippen molar-refractivity contribution >= 4 is 44.7 Å². The van der Waals surface area contributed by atoms with E-state index in [1.165, 1.54) is 11.3 Å². The van der Waals surface area contributed by atoms with E-state index in [1.54, 1.807) is 9.47 Å². The smallest absolute Gasteiger partial charge is 0.268 e. The summed E-state index contributed by atoms with van der Waals surface area (Å²) in [6, 6.07) is 5.67. The first-order chi connectivity index (χ1) is 12.5. The molecule has 5 nitrogen and oxygen atoms in total. The van der Waals surface area contributed by atoms with Crippen molar-refractivity contribution in [1.29, 1.82) is 0 Å². The fraction of sp³-hybridized carbons (Fsp3) is 0.316. The quantitative estimate of drug-likeness (QED) is 0.643. The van der Waals surface area contributed by atoms with Gasteiger partial charge in [0, 0.05) is 30.2 Å². The highest BCUT2D eigenvalue weighted by molar-refractivity contribution is 7.20. The first-order valence-corrected chi connectivity index (χ1v) is 9.87. The van der Waals surface area contributed by atoms with Gasteiger partial charge in [0.15, 0.2) is 0 Å². The Balaban J connectivity index is 1.64. The normalized spacial score (nSPS) is 15.5. The van der Waals surface area contributed by atoms with Crippen LogP contribution in [0.15, 0.2) is 23.0 Å². The monoisotopic (exact) mass is 385 g/mol. The molecule has 5 rings (SSSR count). The lowest BCUT2D eigenvalue weighted by Gasteiger charge is -2.17. The third-order valence-corrected chi connectivity index (χ3v) is 6.70. The number of hydrogen-bond donors (Lipinski definition) is 0. The van der Waals surface area contributed by atoms with Gasteiger partial charge in [-0.05, 0) is 43.0 Å². The van der Waals surface area contributed by atoms with Crippen molar-refractivity contribution in [2.75, 3.05) is 11.4 Å². The molecule has 0 spiro atoms. The third kappa shape index (κ3) is 2.18. The average Bonchev–Trinajstić information content (AvgIpc) is 3.31. The van der Waals surface area contributed by atoms with E-state index in [-0.39, 0.29) is 11.5 Å². The molecule has 2 aliphatic heterocycles. The van der Waals surface area contributed by atoms with Crippen LogP contribution >= 0.6 is 22.9 Å². The number of rotatable bonds is 1. The Morgan fingerprint density at radius 1 is 1.27 bits per heavy atom. The molecule has 7 heteroatoms. The topological polar surface area (TPSA) is 55.2 Å². The summed E-state index contributed by atoms with van der Waals surface area (Å²) in [4.78, 5) is 33.8. The minimum absolute atomic E-state index is 0.0137. The van der Waals surface area contributed by atoms with Gasteiger partial charge in [0.2, 0.25) is 0 Å². The molecule has 2 aromatic heterocycles. The molecule has 132 valence electrons. The summed E-state index contributed by atoms with van der Waals surface area (Å²) in [6.07, 6.45) is 2.59. The summed E-state index contributed by atoms with van der Waals surface area (Å²) in [5.74, 6) is 0.761. The average molecular weight is 386 g/mol. The molecule has 0 aliphatic carbocycles. The van der Waals surface area contributed by atoms with Gasteiger partial charge in [-0.15, -0.1) is 11.3 Å². The lowest BCUT2D eigenvalue weighted by atomic mass is 10.1. The van der Waals surface area contributed by atoms with Crippen LogP contribution in [-0.2, 0) is 19.4 Å². The zero-order valence-electron chi connectivity index (χ0n) is 14.2. The Labute approximate surface area is 158 Å². The van der Waals surface area contributed by atoms with Crippen molar-refractivity contribution in [3.05, 3.63) is 55.4 Å². The molecule has 1 amide bonds. The second-order valence-corrected chi connectivity index (χ2v) is 8.24. The number of carbonyl (C=O) groups excluding carboxylic acids is 1. The number of nitrogens with zero attached hydrogens (tertiary/aromatic N) is 3. The van der Waals surface area contributed by atoms with E-state index in [4.69, 9.17) is 11.6 Å². The van der Waals surface area contributed by atoms with Crippen molar-refractivity contribution in [2.24, 2.45) is 0 Å². The number of anilines is 1. The maximum absolute atomic E-state index is 13.2. The fourth-order valence-electron chi connectivity index (χ4n) is 3.97. The number of thiophene rings is 1. The van der Waals surface area contributed by atoms with Crippen LogP contribution < -0.4 is 10.5 Å². The number of fused-ring (bicyclic) bond motifs is 3. The van der Waals surface area contributed by atoms with Crippen LogP contribution in [0, 0.1) is 6.92 Å². The Hall–Kier alpha value is -2.18. The van der Waals surface area contributed by atoms with Crippen molar-refractivity contribution < 1.29 is 4.79 Å². The lowest BCUT2D eigenvalue weighted by Crippen LogP contribution is -2.28. The molecule has 0 N–H and O–H groups in total. The number of amides is 1. The van der Waals surface area contributed by atoms with Crippen molar-refractivity contribution in [3.8, 4) is 0 Å². The van der Waals surface area contributed by atoms with Crippen LogP contribution in [0.4, 0.5) is 5.69 Å². The Morgan fingerprint density at radius 2 is 2.12 bits per heavy atom. The number of carbonyl (C=O) groups is 1. The first kappa shape index (κ1) is 16.0. The van der Waals surface area contributed by atoms with Gasteiger partial charge >= 0.3 is 0 Å². The van der Waals surface area contributed by atoms with E-state index in [9.17, 15) is 9.59 Å². The van der Waals surface area contributed by atoms with Crippen molar-refractivity contribution in [1.82, 2.24) is 9.55 Å². The molecule has 2 aliphatic rings. The van der Waals surface area contributed by atoms with Gasteiger partial charge in [0.05, 0.1) is 10.3 Å². The van der Waals surface area contributed by atoms with E-state index in [2.05, 4.69) is 4.98 Å². The number of hydrogen-bond acceptors (Lipinski definition) is 4. The van der Waals surface area contributed by atoms with Crippen LogP contribution in [0.25, 0.3) is 10.2 Å². The van der Waals surface area contributed by atoms with Crippen molar-refractivity contribution in [2.45, 2.75) is 32.7 Å². The van der Waals surface area contributed by atoms with Crippen molar-refractivity contribution in [3.63, 3.8) is 0 Å². The zero-order chi connectivity index (χ0) is 18.0. The summed E-state index contributed by atoms with van der Waals surface area (Å²) in [5, 5.41) is 1.21. The Bertz CT molecular complexity index is 1150. The third-order valence-electron chi connectivity index (χ3n) is 5.29. The number of aromatic nitrogens is 2. The highest BCUT2D eigenvalue weighted by Gasteiger charge is 2.30. The molecular formula is C19H16ClN3O2S. The minimum atomic E-state index is -0.0731. The van der Waals surface area contributed by atoms with Crippen LogP contribution in [0.2, 0.25) is 5.02 Å². The highest BCUT2D eigenvalue weighted by Crippen LogP contribution is 2.35. The number of halogens is 1. The van der Waals surface area contributed by atoms with Crippen LogP contribution in [-0.4, -0.2) is 22.0 Å². The van der Waals surface area contributed by atoms with Gasteiger partial charge < -0.3 is 4.90 Å². The van der Waals surface area contributed by atoms with Gasteiger partial charge in [-0.3, -0.25) is 14.2 Å². The molecule has 0 saturated heterocycles. The van der Waals surface area contributed by atoms with E-state index in [0.29, 0.717) is 33.2 Å². The summed E-state index contributed by atoms with van der Waals surface area (Å²) >= 11 is 7.45. The molecule has 1 aromatic carbocycles. The SMILES string of the molecule is Cc1c(C(=O)N2CCc3ccc(Cl)cc32)sc2nc3n(c(=O)c12)CCC3. The molecule has 0 radical (unpaired) electrons. The zero-order valence-corrected chi connectivity index (χ0v) is 15.8. The second kappa shape index (κ2) is 5.66. The summed E-state index contributed by atoms with van der Waals surface area (Å²) in [6.45, 7) is 3.20. The molecule has 4 heterocycles. The number of aryl methyl sites for hydroxylation is 2. The molecule has 0 fully saturated rings. The van der Waals surface area contributed by atoms with E-state index in [0.717, 1.165) is 41.9 Å². The maximum atomic E-state index is 13.2. The van der Waals surface area contributed by atoms with E-state index in [1.807, 2.05) is 25.1 Å².